The molecule has 1 aliphatic rings. The highest BCUT2D eigenvalue weighted by atomic mass is 16.2. The molecule has 2 aromatic rings. The highest BCUT2D eigenvalue weighted by Crippen LogP contribution is 2.36. The van der Waals surface area contributed by atoms with Crippen LogP contribution in [0.2, 0.25) is 0 Å². The van der Waals surface area contributed by atoms with Crippen LogP contribution in [0.5, 0.6) is 0 Å². The first-order chi connectivity index (χ1) is 9.44. The van der Waals surface area contributed by atoms with Crippen molar-refractivity contribution >= 4 is 11.6 Å². The molecule has 0 radical (unpaired) electrons. The molecule has 4 heteroatoms. The first-order valence-corrected chi connectivity index (χ1v) is 7.20. The maximum Gasteiger partial charge on any atom is 0.271 e. The predicted octanol–water partition coefficient (Wildman–Crippen LogP) is 2.95. The van der Waals surface area contributed by atoms with E-state index < -0.39 is 0 Å². The van der Waals surface area contributed by atoms with E-state index >= 15 is 0 Å². The van der Waals surface area contributed by atoms with Gasteiger partial charge in [-0.3, -0.25) is 4.79 Å². The van der Waals surface area contributed by atoms with Gasteiger partial charge in [-0.15, -0.1) is 0 Å². The average Bonchev–Trinajstić information content (AvgIpc) is 2.94. The Kier molecular flexibility index (Phi) is 3.04. The van der Waals surface area contributed by atoms with E-state index in [2.05, 4.69) is 24.1 Å². The van der Waals surface area contributed by atoms with Crippen molar-refractivity contribution in [3.05, 3.63) is 35.8 Å². The summed E-state index contributed by atoms with van der Waals surface area (Å²) in [5.41, 5.74) is 2.75. The van der Waals surface area contributed by atoms with Gasteiger partial charge < -0.3 is 9.72 Å². The van der Waals surface area contributed by atoms with E-state index in [-0.39, 0.29) is 11.9 Å². The maximum atomic E-state index is 12.3. The monoisotopic (exact) mass is 271 g/mol. The third kappa shape index (κ3) is 2.42. The first-order valence-electron chi connectivity index (χ1n) is 7.20. The summed E-state index contributed by atoms with van der Waals surface area (Å²) < 4.78 is 1.95. The summed E-state index contributed by atoms with van der Waals surface area (Å²) in [4.78, 5) is 16.7. The smallest absolute Gasteiger partial charge is 0.271 e. The molecule has 0 saturated heterocycles. The fourth-order valence-electron chi connectivity index (χ4n) is 3.08. The molecule has 1 N–H and O–H groups in total. The van der Waals surface area contributed by atoms with Gasteiger partial charge in [-0.05, 0) is 43.7 Å². The summed E-state index contributed by atoms with van der Waals surface area (Å²) in [6, 6.07) is 6.17. The number of amides is 1. The van der Waals surface area contributed by atoms with E-state index in [1.165, 1.54) is 6.42 Å². The first kappa shape index (κ1) is 13.2. The molecule has 1 saturated carbocycles. The van der Waals surface area contributed by atoms with Crippen molar-refractivity contribution in [2.45, 2.75) is 46.1 Å². The Hall–Kier alpha value is -1.84. The standard InChI is InChI=1S/C16H21N3O/c1-11-5-4-6-14-18-13(10-19(11)14)15(20)17-12-7-8-16(2,3)9-12/h4-6,10,12H,7-9H2,1-3H3,(H,17,20). The summed E-state index contributed by atoms with van der Waals surface area (Å²) in [5, 5.41) is 3.12. The number of carbonyl (C=O) groups excluding carboxylic acids is 1. The lowest BCUT2D eigenvalue weighted by Gasteiger charge is -2.17. The number of carbonyl (C=O) groups is 1. The van der Waals surface area contributed by atoms with Crippen LogP contribution in [-0.4, -0.2) is 21.3 Å². The van der Waals surface area contributed by atoms with Crippen molar-refractivity contribution in [2.24, 2.45) is 5.41 Å². The van der Waals surface area contributed by atoms with Crippen LogP contribution in [0.3, 0.4) is 0 Å². The Morgan fingerprint density at radius 3 is 2.90 bits per heavy atom. The molecule has 3 rings (SSSR count). The number of nitrogens with zero attached hydrogens (tertiary/aromatic N) is 2. The lowest BCUT2D eigenvalue weighted by molar-refractivity contribution is 0.0931. The van der Waals surface area contributed by atoms with Crippen LogP contribution in [0.15, 0.2) is 24.4 Å². The molecule has 1 unspecified atom stereocenters. The average molecular weight is 271 g/mol. The lowest BCUT2D eigenvalue weighted by Crippen LogP contribution is -2.33. The number of fused-ring (bicyclic) bond motifs is 1. The lowest BCUT2D eigenvalue weighted by atomic mass is 9.92. The summed E-state index contributed by atoms with van der Waals surface area (Å²) in [6.07, 6.45) is 5.10. The van der Waals surface area contributed by atoms with Crippen molar-refractivity contribution in [1.29, 1.82) is 0 Å². The molecule has 1 fully saturated rings. The van der Waals surface area contributed by atoms with Gasteiger partial charge in [-0.1, -0.05) is 19.9 Å². The van der Waals surface area contributed by atoms with Gasteiger partial charge >= 0.3 is 0 Å². The zero-order valence-corrected chi connectivity index (χ0v) is 12.3. The molecule has 2 aromatic heterocycles. The van der Waals surface area contributed by atoms with Gasteiger partial charge in [0.25, 0.3) is 5.91 Å². The number of imidazole rings is 1. The van der Waals surface area contributed by atoms with Crippen LogP contribution >= 0.6 is 0 Å². The van der Waals surface area contributed by atoms with Crippen molar-refractivity contribution in [2.75, 3.05) is 0 Å². The summed E-state index contributed by atoms with van der Waals surface area (Å²) >= 11 is 0. The van der Waals surface area contributed by atoms with Crippen LogP contribution in [0.1, 0.15) is 49.3 Å². The minimum absolute atomic E-state index is 0.0594. The van der Waals surface area contributed by atoms with Crippen molar-refractivity contribution in [3.63, 3.8) is 0 Å². The number of rotatable bonds is 2. The molecule has 0 bridgehead atoms. The second-order valence-corrected chi connectivity index (χ2v) is 6.60. The Bertz CT molecular complexity index is 657. The normalized spacial score (nSPS) is 21.2. The van der Waals surface area contributed by atoms with Gasteiger partial charge in [0, 0.05) is 17.9 Å². The number of hydrogen-bond donors (Lipinski definition) is 1. The highest BCUT2D eigenvalue weighted by molar-refractivity contribution is 5.93. The predicted molar refractivity (Wildman–Crippen MR) is 78.8 cm³/mol. The minimum atomic E-state index is -0.0594. The van der Waals surface area contributed by atoms with Crippen molar-refractivity contribution in [3.8, 4) is 0 Å². The summed E-state index contributed by atoms with van der Waals surface area (Å²) in [6.45, 7) is 6.52. The quantitative estimate of drug-likeness (QED) is 0.912. The molecular formula is C16H21N3O. The van der Waals surface area contributed by atoms with Gasteiger partial charge in [-0.25, -0.2) is 4.98 Å². The molecular weight excluding hydrogens is 250 g/mol. The maximum absolute atomic E-state index is 12.3. The molecule has 20 heavy (non-hydrogen) atoms. The van der Waals surface area contributed by atoms with Gasteiger partial charge in [0.2, 0.25) is 0 Å². The third-order valence-corrected chi connectivity index (χ3v) is 4.23. The topological polar surface area (TPSA) is 46.4 Å². The van der Waals surface area contributed by atoms with Gasteiger partial charge in [-0.2, -0.15) is 0 Å². The van der Waals surface area contributed by atoms with Crippen molar-refractivity contribution < 1.29 is 4.79 Å². The Morgan fingerprint density at radius 2 is 2.25 bits per heavy atom. The van der Waals surface area contributed by atoms with Gasteiger partial charge in [0.15, 0.2) is 0 Å². The summed E-state index contributed by atoms with van der Waals surface area (Å²) in [7, 11) is 0. The summed E-state index contributed by atoms with van der Waals surface area (Å²) in [5.74, 6) is -0.0594. The minimum Gasteiger partial charge on any atom is -0.348 e. The molecule has 1 atom stereocenters. The second kappa shape index (κ2) is 4.62. The van der Waals surface area contributed by atoms with Crippen LogP contribution < -0.4 is 5.32 Å². The molecule has 1 amide bonds. The number of aryl methyl sites for hydroxylation is 1. The highest BCUT2D eigenvalue weighted by Gasteiger charge is 2.32. The molecule has 0 aromatic carbocycles. The molecule has 0 aliphatic heterocycles. The van der Waals surface area contributed by atoms with E-state index in [0.717, 1.165) is 24.2 Å². The number of aromatic nitrogens is 2. The zero-order chi connectivity index (χ0) is 14.3. The van der Waals surface area contributed by atoms with E-state index in [4.69, 9.17) is 0 Å². The Morgan fingerprint density at radius 1 is 1.45 bits per heavy atom. The largest absolute Gasteiger partial charge is 0.348 e. The zero-order valence-electron chi connectivity index (χ0n) is 12.3. The van der Waals surface area contributed by atoms with Crippen LogP contribution in [-0.2, 0) is 0 Å². The fraction of sp³-hybridized carbons (Fsp3) is 0.500. The molecule has 106 valence electrons. The van der Waals surface area contributed by atoms with E-state index in [0.29, 0.717) is 11.1 Å². The molecule has 1 aliphatic carbocycles. The fourth-order valence-corrected chi connectivity index (χ4v) is 3.08. The van der Waals surface area contributed by atoms with Gasteiger partial charge in [0.05, 0.1) is 0 Å². The second-order valence-electron chi connectivity index (χ2n) is 6.60. The Balaban J connectivity index is 1.78. The number of nitrogens with one attached hydrogen (secondary N) is 1. The molecule has 2 heterocycles. The molecule has 4 nitrogen and oxygen atoms in total. The van der Waals surface area contributed by atoms with E-state index in [9.17, 15) is 4.79 Å². The Labute approximate surface area is 119 Å². The van der Waals surface area contributed by atoms with Crippen LogP contribution in [0, 0.1) is 12.3 Å². The van der Waals surface area contributed by atoms with E-state index in [1.807, 2.05) is 35.7 Å². The van der Waals surface area contributed by atoms with Crippen LogP contribution in [0.4, 0.5) is 0 Å². The number of pyridine rings is 1. The van der Waals surface area contributed by atoms with E-state index in [1.54, 1.807) is 0 Å². The SMILES string of the molecule is Cc1cccc2nc(C(=O)NC3CCC(C)(C)C3)cn12. The van der Waals surface area contributed by atoms with Gasteiger partial charge in [0.1, 0.15) is 11.3 Å². The van der Waals surface area contributed by atoms with Crippen LogP contribution in [0.25, 0.3) is 5.65 Å². The van der Waals surface area contributed by atoms with Crippen molar-refractivity contribution in [1.82, 2.24) is 14.7 Å². The molecule has 0 spiro atoms. The number of hydrogen-bond acceptors (Lipinski definition) is 2. The third-order valence-electron chi connectivity index (χ3n) is 4.23.